The fourth-order valence-corrected chi connectivity index (χ4v) is 4.03. The van der Waals surface area contributed by atoms with E-state index in [1.807, 2.05) is 11.9 Å². The maximum absolute atomic E-state index is 12.7. The Hall–Kier alpha value is -1.57. The van der Waals surface area contributed by atoms with Crippen molar-refractivity contribution >= 4 is 23.6 Å². The molecule has 0 aromatic carbocycles. The number of nitrogens with zero attached hydrogens (tertiary/aromatic N) is 5. The Balaban J connectivity index is 1.58. The van der Waals surface area contributed by atoms with Gasteiger partial charge in [-0.1, -0.05) is 11.8 Å². The molecule has 3 heterocycles. The van der Waals surface area contributed by atoms with Crippen LogP contribution in [-0.2, 0) is 16.6 Å². The summed E-state index contributed by atoms with van der Waals surface area (Å²) in [4.78, 5) is 28.9. The van der Waals surface area contributed by atoms with Crippen molar-refractivity contribution in [2.24, 2.45) is 7.05 Å². The Kier molecular flexibility index (Phi) is 5.20. The van der Waals surface area contributed by atoms with E-state index in [2.05, 4.69) is 10.2 Å². The second-order valence-corrected chi connectivity index (χ2v) is 7.09. The zero-order valence-corrected chi connectivity index (χ0v) is 14.3. The molecule has 2 aliphatic rings. The summed E-state index contributed by atoms with van der Waals surface area (Å²) in [6.07, 6.45) is 6.67. The highest BCUT2D eigenvalue weighted by atomic mass is 32.2. The summed E-state index contributed by atoms with van der Waals surface area (Å²) >= 11 is 1.37. The van der Waals surface area contributed by atoms with Crippen LogP contribution in [0.1, 0.15) is 32.1 Å². The van der Waals surface area contributed by atoms with Crippen LogP contribution < -0.4 is 0 Å². The van der Waals surface area contributed by atoms with E-state index < -0.39 is 0 Å². The third kappa shape index (κ3) is 3.68. The Morgan fingerprint density at radius 1 is 1.22 bits per heavy atom. The second-order valence-electron chi connectivity index (χ2n) is 6.14. The average molecular weight is 337 g/mol. The minimum Gasteiger partial charge on any atom is -0.341 e. The number of aromatic nitrogens is 3. The molecule has 1 atom stereocenters. The highest BCUT2D eigenvalue weighted by molar-refractivity contribution is 7.99. The van der Waals surface area contributed by atoms with Gasteiger partial charge in [-0.05, 0) is 32.1 Å². The van der Waals surface area contributed by atoms with Gasteiger partial charge in [0.1, 0.15) is 12.4 Å². The lowest BCUT2D eigenvalue weighted by atomic mass is 10.1. The number of aryl methyl sites for hydroxylation is 1. The molecule has 1 unspecified atom stereocenters. The van der Waals surface area contributed by atoms with Gasteiger partial charge in [-0.15, -0.1) is 10.2 Å². The minimum atomic E-state index is -0.263. The molecule has 3 rings (SSSR count). The van der Waals surface area contributed by atoms with E-state index in [9.17, 15) is 9.59 Å². The third-order valence-electron chi connectivity index (χ3n) is 4.52. The van der Waals surface area contributed by atoms with Crippen LogP contribution in [0.5, 0.6) is 0 Å². The van der Waals surface area contributed by atoms with Crippen molar-refractivity contribution in [2.75, 3.05) is 25.4 Å². The van der Waals surface area contributed by atoms with E-state index in [4.69, 9.17) is 0 Å². The standard InChI is InChI=1S/C15H23N5O2S/c1-18-11-16-17-15(18)23-10-13(21)20-9-5-6-12(20)14(22)19-7-3-2-4-8-19/h11-12H,2-10H2,1H3. The van der Waals surface area contributed by atoms with Crippen LogP contribution in [0.3, 0.4) is 0 Å². The molecular weight excluding hydrogens is 314 g/mol. The number of carbonyl (C=O) groups excluding carboxylic acids is 2. The van der Waals surface area contributed by atoms with E-state index in [1.54, 1.807) is 15.8 Å². The quantitative estimate of drug-likeness (QED) is 0.764. The summed E-state index contributed by atoms with van der Waals surface area (Å²) in [7, 11) is 1.85. The van der Waals surface area contributed by atoms with Gasteiger partial charge in [0.05, 0.1) is 5.75 Å². The summed E-state index contributed by atoms with van der Waals surface area (Å²) in [6, 6.07) is -0.263. The molecule has 0 radical (unpaired) electrons. The largest absolute Gasteiger partial charge is 0.341 e. The van der Waals surface area contributed by atoms with Crippen molar-refractivity contribution in [3.63, 3.8) is 0 Å². The maximum Gasteiger partial charge on any atom is 0.245 e. The van der Waals surface area contributed by atoms with Crippen LogP contribution >= 0.6 is 11.8 Å². The smallest absolute Gasteiger partial charge is 0.245 e. The lowest BCUT2D eigenvalue weighted by Gasteiger charge is -2.32. The molecule has 1 aromatic rings. The Morgan fingerprint density at radius 2 is 2.00 bits per heavy atom. The van der Waals surface area contributed by atoms with Gasteiger partial charge in [-0.3, -0.25) is 9.59 Å². The van der Waals surface area contributed by atoms with Crippen molar-refractivity contribution in [3.05, 3.63) is 6.33 Å². The number of amides is 2. The molecule has 0 saturated carbocycles. The predicted molar refractivity (Wildman–Crippen MR) is 86.9 cm³/mol. The number of carbonyl (C=O) groups is 2. The number of hydrogen-bond donors (Lipinski definition) is 0. The molecule has 0 N–H and O–H groups in total. The molecule has 23 heavy (non-hydrogen) atoms. The van der Waals surface area contributed by atoms with Gasteiger partial charge in [0, 0.05) is 26.7 Å². The Labute approximate surface area is 140 Å². The number of thioether (sulfide) groups is 1. The van der Waals surface area contributed by atoms with Gasteiger partial charge in [-0.2, -0.15) is 0 Å². The van der Waals surface area contributed by atoms with Gasteiger partial charge in [0.2, 0.25) is 11.8 Å². The van der Waals surface area contributed by atoms with E-state index in [0.29, 0.717) is 12.3 Å². The number of rotatable bonds is 4. The van der Waals surface area contributed by atoms with E-state index in [-0.39, 0.29) is 17.9 Å². The molecular formula is C15H23N5O2S. The minimum absolute atomic E-state index is 0.0193. The average Bonchev–Trinajstić information content (AvgIpc) is 3.22. The SMILES string of the molecule is Cn1cnnc1SCC(=O)N1CCCC1C(=O)N1CCCCC1. The van der Waals surface area contributed by atoms with E-state index in [1.165, 1.54) is 18.2 Å². The predicted octanol–water partition coefficient (Wildman–Crippen LogP) is 0.911. The summed E-state index contributed by atoms with van der Waals surface area (Å²) < 4.78 is 1.79. The van der Waals surface area contributed by atoms with Gasteiger partial charge in [0.15, 0.2) is 5.16 Å². The second kappa shape index (κ2) is 7.33. The fraction of sp³-hybridized carbons (Fsp3) is 0.733. The molecule has 2 aliphatic heterocycles. The van der Waals surface area contributed by atoms with Crippen molar-refractivity contribution in [1.82, 2.24) is 24.6 Å². The maximum atomic E-state index is 12.7. The number of hydrogen-bond acceptors (Lipinski definition) is 5. The number of likely N-dealkylation sites (tertiary alicyclic amines) is 2. The fourth-order valence-electron chi connectivity index (χ4n) is 3.26. The zero-order valence-electron chi connectivity index (χ0n) is 13.5. The van der Waals surface area contributed by atoms with Crippen LogP contribution in [0.15, 0.2) is 11.5 Å². The molecule has 1 aromatic heterocycles. The van der Waals surface area contributed by atoms with Crippen LogP contribution in [0, 0.1) is 0 Å². The molecule has 8 heteroatoms. The van der Waals surface area contributed by atoms with Crippen molar-refractivity contribution in [3.8, 4) is 0 Å². The monoisotopic (exact) mass is 337 g/mol. The third-order valence-corrected chi connectivity index (χ3v) is 5.54. The van der Waals surface area contributed by atoms with E-state index in [0.717, 1.165) is 43.9 Å². The molecule has 0 bridgehead atoms. The van der Waals surface area contributed by atoms with Crippen LogP contribution in [0.25, 0.3) is 0 Å². The van der Waals surface area contributed by atoms with Crippen molar-refractivity contribution in [1.29, 1.82) is 0 Å². The number of piperidine rings is 1. The van der Waals surface area contributed by atoms with E-state index >= 15 is 0 Å². The van der Waals surface area contributed by atoms with Crippen LogP contribution in [0.4, 0.5) is 0 Å². The first-order valence-corrected chi connectivity index (χ1v) is 9.20. The summed E-state index contributed by atoms with van der Waals surface area (Å²) in [5.41, 5.74) is 0. The Morgan fingerprint density at radius 3 is 2.70 bits per heavy atom. The molecule has 7 nitrogen and oxygen atoms in total. The van der Waals surface area contributed by atoms with Gasteiger partial charge >= 0.3 is 0 Å². The normalized spacial score (nSPS) is 21.7. The van der Waals surface area contributed by atoms with Gasteiger partial charge in [-0.25, -0.2) is 0 Å². The first-order chi connectivity index (χ1) is 11.2. The Bertz CT molecular complexity index is 570. The molecule has 0 aliphatic carbocycles. The lowest BCUT2D eigenvalue weighted by Crippen LogP contribution is -2.49. The molecule has 0 spiro atoms. The first-order valence-electron chi connectivity index (χ1n) is 8.22. The zero-order chi connectivity index (χ0) is 16.2. The highest BCUT2D eigenvalue weighted by Crippen LogP contribution is 2.23. The lowest BCUT2D eigenvalue weighted by molar-refractivity contribution is -0.143. The first kappa shape index (κ1) is 16.3. The van der Waals surface area contributed by atoms with Crippen LogP contribution in [0.2, 0.25) is 0 Å². The highest BCUT2D eigenvalue weighted by Gasteiger charge is 2.36. The van der Waals surface area contributed by atoms with Crippen molar-refractivity contribution in [2.45, 2.75) is 43.3 Å². The molecule has 2 fully saturated rings. The van der Waals surface area contributed by atoms with Crippen molar-refractivity contribution < 1.29 is 9.59 Å². The van der Waals surface area contributed by atoms with Gasteiger partial charge < -0.3 is 14.4 Å². The van der Waals surface area contributed by atoms with Crippen LogP contribution in [-0.4, -0.2) is 67.8 Å². The van der Waals surface area contributed by atoms with Gasteiger partial charge in [0.25, 0.3) is 0 Å². The summed E-state index contributed by atoms with van der Waals surface area (Å²) in [5, 5.41) is 8.50. The summed E-state index contributed by atoms with van der Waals surface area (Å²) in [5.74, 6) is 0.459. The topological polar surface area (TPSA) is 71.3 Å². The molecule has 2 saturated heterocycles. The molecule has 2 amide bonds. The molecule has 126 valence electrons. The summed E-state index contributed by atoms with van der Waals surface area (Å²) in [6.45, 7) is 2.36.